The summed E-state index contributed by atoms with van der Waals surface area (Å²) in [5.41, 5.74) is 0.872. The average molecular weight is 456 g/mol. The summed E-state index contributed by atoms with van der Waals surface area (Å²) in [6.07, 6.45) is 2.76. The molecule has 0 fully saturated rings. The van der Waals surface area contributed by atoms with E-state index in [9.17, 15) is 0 Å². The van der Waals surface area contributed by atoms with Crippen LogP contribution in [0.15, 0.2) is 46.9 Å². The van der Waals surface area contributed by atoms with Gasteiger partial charge in [-0.3, -0.25) is 9.39 Å². The lowest BCUT2D eigenvalue weighted by atomic mass is 10.3. The lowest BCUT2D eigenvalue weighted by molar-refractivity contribution is 0.689. The van der Waals surface area contributed by atoms with Crippen molar-refractivity contribution in [3.8, 4) is 0 Å². The van der Waals surface area contributed by atoms with E-state index in [1.54, 1.807) is 18.4 Å². The predicted molar refractivity (Wildman–Crippen MR) is 109 cm³/mol. The number of pyridine rings is 1. The highest BCUT2D eigenvalue weighted by Crippen LogP contribution is 2.17. The molecule has 24 heavy (non-hydrogen) atoms. The van der Waals surface area contributed by atoms with Crippen molar-refractivity contribution in [2.45, 2.75) is 19.4 Å². The average Bonchev–Trinajstić information content (AvgIpc) is 3.24. The molecule has 0 aliphatic rings. The Morgan fingerprint density at radius 2 is 2.17 bits per heavy atom. The Balaban J connectivity index is 0.00000208. The Morgan fingerprint density at radius 1 is 1.29 bits per heavy atom. The van der Waals surface area contributed by atoms with Crippen LogP contribution >= 0.6 is 35.3 Å². The van der Waals surface area contributed by atoms with E-state index >= 15 is 0 Å². The zero-order chi connectivity index (χ0) is 16.1. The van der Waals surface area contributed by atoms with Crippen LogP contribution in [0.3, 0.4) is 0 Å². The highest BCUT2D eigenvalue weighted by Gasteiger charge is 2.09. The van der Waals surface area contributed by atoms with Crippen LogP contribution in [-0.2, 0) is 6.42 Å². The van der Waals surface area contributed by atoms with Gasteiger partial charge in [0.1, 0.15) is 5.82 Å². The molecule has 3 heterocycles. The minimum atomic E-state index is 0. The van der Waals surface area contributed by atoms with E-state index < -0.39 is 0 Å². The molecule has 2 N–H and O–H groups in total. The van der Waals surface area contributed by atoms with Crippen LogP contribution in [-0.4, -0.2) is 34.2 Å². The topological polar surface area (TPSA) is 66.6 Å². The molecule has 0 aromatic carbocycles. The fraction of sp³-hybridized carbons (Fsp3) is 0.312. The van der Waals surface area contributed by atoms with E-state index in [0.29, 0.717) is 0 Å². The third-order valence-electron chi connectivity index (χ3n) is 3.57. The fourth-order valence-electron chi connectivity index (χ4n) is 2.36. The Kier molecular flexibility index (Phi) is 6.98. The first-order valence-electron chi connectivity index (χ1n) is 7.57. The zero-order valence-electron chi connectivity index (χ0n) is 13.6. The van der Waals surface area contributed by atoms with E-state index in [0.717, 1.165) is 30.4 Å². The Hall–Kier alpha value is -1.68. The van der Waals surface area contributed by atoms with E-state index in [1.165, 1.54) is 4.88 Å². The van der Waals surface area contributed by atoms with Gasteiger partial charge < -0.3 is 10.6 Å². The van der Waals surface area contributed by atoms with Gasteiger partial charge in [-0.25, -0.2) is 0 Å². The number of guanidine groups is 1. The maximum Gasteiger partial charge on any atom is 0.191 e. The molecular weight excluding hydrogens is 435 g/mol. The molecule has 3 aromatic rings. The summed E-state index contributed by atoms with van der Waals surface area (Å²) in [5.74, 6) is 1.73. The van der Waals surface area contributed by atoms with Crippen molar-refractivity contribution in [3.63, 3.8) is 0 Å². The second kappa shape index (κ2) is 8.97. The van der Waals surface area contributed by atoms with Crippen LogP contribution in [0.5, 0.6) is 0 Å². The number of rotatable bonds is 5. The normalized spacial score (nSPS) is 12.7. The van der Waals surface area contributed by atoms with Crippen molar-refractivity contribution in [1.82, 2.24) is 25.2 Å². The van der Waals surface area contributed by atoms with Gasteiger partial charge in [-0.05, 0) is 30.5 Å². The Labute approximate surface area is 162 Å². The van der Waals surface area contributed by atoms with E-state index in [-0.39, 0.29) is 30.0 Å². The van der Waals surface area contributed by atoms with Gasteiger partial charge in [0.05, 0.1) is 6.04 Å². The van der Waals surface area contributed by atoms with Crippen molar-refractivity contribution >= 4 is 46.9 Å². The molecule has 1 atom stereocenters. The molecule has 6 nitrogen and oxygen atoms in total. The summed E-state index contributed by atoms with van der Waals surface area (Å²) < 4.78 is 2.01. The number of aromatic nitrogens is 3. The van der Waals surface area contributed by atoms with Gasteiger partial charge in [0.15, 0.2) is 11.6 Å². The molecule has 8 heteroatoms. The van der Waals surface area contributed by atoms with Crippen LogP contribution in [0.2, 0.25) is 0 Å². The quantitative estimate of drug-likeness (QED) is 0.352. The number of aliphatic imine (C=N–C) groups is 1. The van der Waals surface area contributed by atoms with Gasteiger partial charge in [-0.15, -0.1) is 45.5 Å². The molecule has 3 aromatic heterocycles. The third kappa shape index (κ3) is 4.44. The van der Waals surface area contributed by atoms with Gasteiger partial charge in [0, 0.05) is 31.1 Å². The van der Waals surface area contributed by atoms with Gasteiger partial charge in [-0.2, -0.15) is 0 Å². The minimum absolute atomic E-state index is 0. The number of thiophene rings is 1. The summed E-state index contributed by atoms with van der Waals surface area (Å²) in [7, 11) is 1.78. The number of nitrogens with zero attached hydrogens (tertiary/aromatic N) is 4. The largest absolute Gasteiger partial charge is 0.356 e. The monoisotopic (exact) mass is 456 g/mol. The zero-order valence-corrected chi connectivity index (χ0v) is 16.8. The first-order valence-corrected chi connectivity index (χ1v) is 8.45. The Bertz CT molecular complexity index is 783. The lowest BCUT2D eigenvalue weighted by Gasteiger charge is -2.16. The van der Waals surface area contributed by atoms with Crippen LogP contribution in [0.4, 0.5) is 0 Å². The molecule has 0 aliphatic carbocycles. The summed E-state index contributed by atoms with van der Waals surface area (Å²) in [4.78, 5) is 5.56. The first kappa shape index (κ1) is 18.7. The summed E-state index contributed by atoms with van der Waals surface area (Å²) in [6.45, 7) is 2.87. The SMILES string of the molecule is CN=C(NCCc1nnc2ccccn12)NC(C)c1cccs1.I. The highest BCUT2D eigenvalue weighted by molar-refractivity contribution is 14.0. The molecule has 0 aliphatic heterocycles. The number of halogens is 1. The fourth-order valence-corrected chi connectivity index (χ4v) is 3.10. The predicted octanol–water partition coefficient (Wildman–Crippen LogP) is 2.88. The Morgan fingerprint density at radius 3 is 2.92 bits per heavy atom. The lowest BCUT2D eigenvalue weighted by Crippen LogP contribution is -2.39. The summed E-state index contributed by atoms with van der Waals surface area (Å²) in [5, 5.41) is 17.2. The van der Waals surface area contributed by atoms with Crippen LogP contribution in [0.25, 0.3) is 5.65 Å². The van der Waals surface area contributed by atoms with Crippen molar-refractivity contribution in [3.05, 3.63) is 52.6 Å². The molecule has 1 unspecified atom stereocenters. The smallest absolute Gasteiger partial charge is 0.191 e. The van der Waals surface area contributed by atoms with Crippen LogP contribution < -0.4 is 10.6 Å². The second-order valence-corrected chi connectivity index (χ2v) is 6.15. The molecule has 0 radical (unpaired) electrons. The molecule has 0 spiro atoms. The van der Waals surface area contributed by atoms with Crippen molar-refractivity contribution < 1.29 is 0 Å². The van der Waals surface area contributed by atoms with Crippen LogP contribution in [0, 0.1) is 0 Å². The molecule has 128 valence electrons. The maximum atomic E-state index is 4.28. The standard InChI is InChI=1S/C16H20N6S.HI/c1-12(13-6-5-11-23-13)19-16(17-2)18-9-8-15-21-20-14-7-3-4-10-22(14)15;/h3-7,10-12H,8-9H2,1-2H3,(H2,17,18,19);1H. The molecular formula is C16H21IN6S. The van der Waals surface area contributed by atoms with Gasteiger partial charge in [-0.1, -0.05) is 12.1 Å². The number of hydrogen-bond donors (Lipinski definition) is 2. The maximum absolute atomic E-state index is 4.28. The molecule has 0 saturated carbocycles. The van der Waals surface area contributed by atoms with E-state index in [1.807, 2.05) is 28.8 Å². The summed E-state index contributed by atoms with van der Waals surface area (Å²) in [6, 6.07) is 10.3. The number of nitrogens with one attached hydrogen (secondary N) is 2. The van der Waals surface area contributed by atoms with E-state index in [2.05, 4.69) is 50.3 Å². The molecule has 3 rings (SSSR count). The highest BCUT2D eigenvalue weighted by atomic mass is 127. The third-order valence-corrected chi connectivity index (χ3v) is 4.63. The second-order valence-electron chi connectivity index (χ2n) is 5.18. The van der Waals surface area contributed by atoms with Crippen molar-refractivity contribution in [2.24, 2.45) is 4.99 Å². The molecule has 0 bridgehead atoms. The number of fused-ring (bicyclic) bond motifs is 1. The van der Waals surface area contributed by atoms with Gasteiger partial charge >= 0.3 is 0 Å². The minimum Gasteiger partial charge on any atom is -0.356 e. The molecule has 0 amide bonds. The summed E-state index contributed by atoms with van der Waals surface area (Å²) >= 11 is 1.74. The van der Waals surface area contributed by atoms with Gasteiger partial charge in [0.2, 0.25) is 0 Å². The van der Waals surface area contributed by atoms with Gasteiger partial charge in [0.25, 0.3) is 0 Å². The van der Waals surface area contributed by atoms with Crippen molar-refractivity contribution in [2.75, 3.05) is 13.6 Å². The number of hydrogen-bond acceptors (Lipinski definition) is 4. The van der Waals surface area contributed by atoms with Crippen molar-refractivity contribution in [1.29, 1.82) is 0 Å². The first-order chi connectivity index (χ1) is 11.3. The molecule has 0 saturated heterocycles. The van der Waals surface area contributed by atoms with E-state index in [4.69, 9.17) is 0 Å². The van der Waals surface area contributed by atoms with Crippen LogP contribution in [0.1, 0.15) is 23.7 Å².